The number of aliphatic carboxylic acids is 1. The van der Waals surface area contributed by atoms with Gasteiger partial charge >= 0.3 is 12.1 Å². The second kappa shape index (κ2) is 9.38. The lowest BCUT2D eigenvalue weighted by Gasteiger charge is -2.19. The number of carbonyl (C=O) groups excluding carboxylic acids is 1. The smallest absolute Gasteiger partial charge is 0.412 e. The summed E-state index contributed by atoms with van der Waals surface area (Å²) in [7, 11) is 1.56. The molecule has 0 aliphatic carbocycles. The number of pyridine rings is 1. The highest BCUT2D eigenvalue weighted by atomic mass is 16.6. The predicted molar refractivity (Wildman–Crippen MR) is 120 cm³/mol. The van der Waals surface area contributed by atoms with Crippen molar-refractivity contribution in [2.24, 2.45) is 0 Å². The summed E-state index contributed by atoms with van der Waals surface area (Å²) in [5.41, 5.74) is 0.187. The van der Waals surface area contributed by atoms with Crippen molar-refractivity contribution in [2.45, 2.75) is 26.4 Å². The van der Waals surface area contributed by atoms with E-state index in [1.54, 1.807) is 64.3 Å². The molecule has 8 heteroatoms. The summed E-state index contributed by atoms with van der Waals surface area (Å²) in [4.78, 5) is 28.0. The average molecular weight is 436 g/mol. The first-order valence-corrected chi connectivity index (χ1v) is 9.81. The number of nitrogens with one attached hydrogen (secondary N) is 1. The molecule has 2 N–H and O–H groups in total. The molecule has 2 aromatic carbocycles. The van der Waals surface area contributed by atoms with Crippen molar-refractivity contribution >= 4 is 29.0 Å². The predicted octanol–water partition coefficient (Wildman–Crippen LogP) is 4.99. The minimum absolute atomic E-state index is 0.303. The van der Waals surface area contributed by atoms with Crippen LogP contribution in [0.1, 0.15) is 26.3 Å². The highest BCUT2D eigenvalue weighted by molar-refractivity contribution is 5.96. The summed E-state index contributed by atoms with van der Waals surface area (Å²) in [6, 6.07) is 16.0. The third-order valence-corrected chi connectivity index (χ3v) is 4.15. The largest absolute Gasteiger partial charge is 0.493 e. The lowest BCUT2D eigenvalue weighted by Crippen LogP contribution is -2.34. The van der Waals surface area contributed by atoms with Crippen molar-refractivity contribution in [2.75, 3.05) is 7.11 Å². The fourth-order valence-electron chi connectivity index (χ4n) is 2.82. The Labute approximate surface area is 185 Å². The molecule has 0 spiro atoms. The van der Waals surface area contributed by atoms with E-state index in [0.29, 0.717) is 28.5 Å². The first kappa shape index (κ1) is 22.6. The summed E-state index contributed by atoms with van der Waals surface area (Å²) < 4.78 is 16.2. The van der Waals surface area contributed by atoms with Crippen LogP contribution in [0.4, 0.5) is 4.79 Å². The molecule has 0 aliphatic rings. The molecule has 1 aromatic heterocycles. The zero-order chi connectivity index (χ0) is 23.3. The van der Waals surface area contributed by atoms with Crippen molar-refractivity contribution in [3.63, 3.8) is 0 Å². The number of ether oxygens (including phenoxy) is 3. The van der Waals surface area contributed by atoms with E-state index in [9.17, 15) is 14.7 Å². The zero-order valence-electron chi connectivity index (χ0n) is 18.2. The molecule has 0 saturated heterocycles. The molecule has 0 radical (unpaired) electrons. The van der Waals surface area contributed by atoms with E-state index in [1.165, 1.54) is 6.08 Å². The highest BCUT2D eigenvalue weighted by Crippen LogP contribution is 2.31. The number of aromatic nitrogens is 1. The molecule has 0 saturated carbocycles. The Morgan fingerprint density at radius 2 is 1.75 bits per heavy atom. The molecule has 3 aromatic rings. The fraction of sp³-hybridized carbons (Fsp3) is 0.208. The summed E-state index contributed by atoms with van der Waals surface area (Å²) in [6.45, 7) is 5.08. The summed E-state index contributed by atoms with van der Waals surface area (Å²) >= 11 is 0. The van der Waals surface area contributed by atoms with Gasteiger partial charge in [0.05, 0.1) is 12.6 Å². The van der Waals surface area contributed by atoms with Gasteiger partial charge in [-0.2, -0.15) is 0 Å². The minimum atomic E-state index is -1.28. The molecule has 0 aliphatic heterocycles. The number of hydrogen-bond donors (Lipinski definition) is 2. The van der Waals surface area contributed by atoms with Crippen LogP contribution in [0.5, 0.6) is 17.4 Å². The molecule has 0 fully saturated rings. The van der Waals surface area contributed by atoms with Crippen molar-refractivity contribution in [3.05, 3.63) is 65.9 Å². The second-order valence-corrected chi connectivity index (χ2v) is 7.84. The topological polar surface area (TPSA) is 107 Å². The number of nitrogens with zero attached hydrogens (tertiary/aromatic N) is 1. The fourth-order valence-corrected chi connectivity index (χ4v) is 2.82. The number of hydrogen-bond acceptors (Lipinski definition) is 6. The number of benzene rings is 2. The van der Waals surface area contributed by atoms with Crippen molar-refractivity contribution in [3.8, 4) is 17.4 Å². The Kier molecular flexibility index (Phi) is 6.63. The molecular formula is C24H24N2O6. The Morgan fingerprint density at radius 1 is 1.03 bits per heavy atom. The van der Waals surface area contributed by atoms with Gasteiger partial charge in [0.15, 0.2) is 11.5 Å². The Morgan fingerprint density at radius 3 is 2.41 bits per heavy atom. The summed E-state index contributed by atoms with van der Waals surface area (Å²) in [5, 5.41) is 12.5. The van der Waals surface area contributed by atoms with E-state index >= 15 is 0 Å². The molecule has 1 heterocycles. The number of carboxylic acids is 1. The van der Waals surface area contributed by atoms with Crippen LogP contribution in [0.2, 0.25) is 0 Å². The SMILES string of the molecule is COc1ccccc1Oc1ccc2cc(/C=C(/NC(=O)OC(C)(C)C)C(=O)O)ccc2n1. The quantitative estimate of drug-likeness (QED) is 0.525. The van der Waals surface area contributed by atoms with Gasteiger partial charge in [-0.15, -0.1) is 0 Å². The van der Waals surface area contributed by atoms with E-state index in [2.05, 4.69) is 10.3 Å². The Balaban J connectivity index is 1.83. The third-order valence-electron chi connectivity index (χ3n) is 4.15. The van der Waals surface area contributed by atoms with Gasteiger partial charge in [-0.1, -0.05) is 18.2 Å². The van der Waals surface area contributed by atoms with Crippen LogP contribution >= 0.6 is 0 Å². The maximum Gasteiger partial charge on any atom is 0.412 e. The van der Waals surface area contributed by atoms with Gasteiger partial charge < -0.3 is 19.3 Å². The zero-order valence-corrected chi connectivity index (χ0v) is 18.2. The summed E-state index contributed by atoms with van der Waals surface area (Å²) in [5.74, 6) is 0.243. The van der Waals surface area contributed by atoms with Crippen LogP contribution < -0.4 is 14.8 Å². The number of amides is 1. The lowest BCUT2D eigenvalue weighted by molar-refractivity contribution is -0.133. The van der Waals surface area contributed by atoms with Crippen LogP contribution in [0.3, 0.4) is 0 Å². The van der Waals surface area contributed by atoms with Gasteiger partial charge in [0, 0.05) is 11.5 Å². The maximum atomic E-state index is 11.9. The monoisotopic (exact) mass is 436 g/mol. The standard InChI is InChI=1S/C24H24N2O6/c1-24(2,3)32-23(29)26-18(22(27)28)14-15-9-11-17-16(13-15)10-12-21(25-17)31-20-8-6-5-7-19(20)30-4/h5-14H,1-4H3,(H,26,29)(H,27,28)/b18-14+. The van der Waals surface area contributed by atoms with Crippen molar-refractivity contribution in [1.82, 2.24) is 10.3 Å². The number of carboxylic acid groups (broad SMARTS) is 1. The van der Waals surface area contributed by atoms with E-state index in [-0.39, 0.29) is 5.70 Å². The molecule has 0 unspecified atom stereocenters. The third kappa shape index (κ3) is 5.98. The second-order valence-electron chi connectivity index (χ2n) is 7.84. The minimum Gasteiger partial charge on any atom is -0.493 e. The van der Waals surface area contributed by atoms with Gasteiger partial charge in [0.2, 0.25) is 5.88 Å². The van der Waals surface area contributed by atoms with Crippen molar-refractivity contribution < 1.29 is 28.9 Å². The molecular weight excluding hydrogens is 412 g/mol. The van der Waals surface area contributed by atoms with E-state index in [4.69, 9.17) is 14.2 Å². The molecule has 166 valence electrons. The lowest BCUT2D eigenvalue weighted by atomic mass is 10.1. The van der Waals surface area contributed by atoms with Gasteiger partial charge in [0.1, 0.15) is 11.3 Å². The normalized spacial score (nSPS) is 11.7. The Bertz CT molecular complexity index is 1180. The summed E-state index contributed by atoms with van der Waals surface area (Å²) in [6.07, 6.45) is 0.511. The molecule has 32 heavy (non-hydrogen) atoms. The number of rotatable bonds is 6. The molecule has 8 nitrogen and oxygen atoms in total. The van der Waals surface area contributed by atoms with Crippen LogP contribution in [0.25, 0.3) is 17.0 Å². The van der Waals surface area contributed by atoms with Gasteiger partial charge in [-0.05, 0) is 62.7 Å². The average Bonchev–Trinajstić information content (AvgIpc) is 2.72. The Hall–Kier alpha value is -4.07. The number of para-hydroxylation sites is 2. The number of fused-ring (bicyclic) bond motifs is 1. The van der Waals surface area contributed by atoms with Gasteiger partial charge in [-0.25, -0.2) is 14.6 Å². The molecule has 0 bridgehead atoms. The van der Waals surface area contributed by atoms with Crippen LogP contribution in [0, 0.1) is 0 Å². The number of methoxy groups -OCH3 is 1. The molecule has 1 amide bonds. The molecule has 3 rings (SSSR count). The first-order valence-electron chi connectivity index (χ1n) is 9.81. The van der Waals surface area contributed by atoms with Crippen LogP contribution in [-0.4, -0.2) is 34.9 Å². The van der Waals surface area contributed by atoms with Gasteiger partial charge in [0.25, 0.3) is 0 Å². The van der Waals surface area contributed by atoms with Crippen molar-refractivity contribution in [1.29, 1.82) is 0 Å². The maximum absolute atomic E-state index is 11.9. The first-order chi connectivity index (χ1) is 15.1. The molecule has 0 atom stereocenters. The van der Waals surface area contributed by atoms with E-state index in [1.807, 2.05) is 18.2 Å². The van der Waals surface area contributed by atoms with E-state index < -0.39 is 17.7 Å². The number of carbonyl (C=O) groups is 2. The highest BCUT2D eigenvalue weighted by Gasteiger charge is 2.19. The van der Waals surface area contributed by atoms with Gasteiger partial charge in [-0.3, -0.25) is 5.32 Å². The van der Waals surface area contributed by atoms with Crippen LogP contribution in [-0.2, 0) is 9.53 Å². The number of alkyl carbamates (subject to hydrolysis) is 1. The van der Waals surface area contributed by atoms with Crippen LogP contribution in [0.15, 0.2) is 60.3 Å². The van der Waals surface area contributed by atoms with E-state index in [0.717, 1.165) is 5.39 Å².